The molecule has 2 atom stereocenters. The minimum atomic E-state index is -1.59. The van der Waals surface area contributed by atoms with E-state index in [0.717, 1.165) is 36.8 Å². The van der Waals surface area contributed by atoms with E-state index in [1.807, 2.05) is 26.0 Å². The fraction of sp³-hybridized carbons (Fsp3) is 0.600. The molecule has 1 aliphatic rings. The number of unbranched alkanes of at least 4 members (excludes halogenated alkanes) is 1. The number of amides is 1. The first-order valence-electron chi connectivity index (χ1n) is 9.02. The SMILES string of the molecule is CCCCNC(=O)C1CCCCC1(O)C(=O)c1ccc(C)c(C)c1. The summed E-state index contributed by atoms with van der Waals surface area (Å²) < 4.78 is 0. The van der Waals surface area contributed by atoms with E-state index in [4.69, 9.17) is 0 Å². The monoisotopic (exact) mass is 331 g/mol. The molecular formula is C20H29NO3. The average molecular weight is 331 g/mol. The van der Waals surface area contributed by atoms with Gasteiger partial charge in [-0.25, -0.2) is 0 Å². The summed E-state index contributed by atoms with van der Waals surface area (Å²) >= 11 is 0. The van der Waals surface area contributed by atoms with Gasteiger partial charge in [-0.3, -0.25) is 9.59 Å². The van der Waals surface area contributed by atoms with Crippen molar-refractivity contribution < 1.29 is 14.7 Å². The molecule has 1 aromatic rings. The number of hydrogen-bond acceptors (Lipinski definition) is 3. The number of nitrogens with one attached hydrogen (secondary N) is 1. The largest absolute Gasteiger partial charge is 0.381 e. The summed E-state index contributed by atoms with van der Waals surface area (Å²) in [6.45, 7) is 6.60. The third-order valence-corrected chi connectivity index (χ3v) is 5.19. The van der Waals surface area contributed by atoms with Gasteiger partial charge in [0.1, 0.15) is 5.60 Å². The van der Waals surface area contributed by atoms with Gasteiger partial charge in [-0.1, -0.05) is 38.3 Å². The zero-order chi connectivity index (χ0) is 17.7. The Bertz CT molecular complexity index is 611. The maximum Gasteiger partial charge on any atom is 0.226 e. The minimum Gasteiger partial charge on any atom is -0.381 e. The lowest BCUT2D eigenvalue weighted by Crippen LogP contribution is -2.54. The molecule has 1 aliphatic carbocycles. The van der Waals surface area contributed by atoms with Crippen LogP contribution in [0.2, 0.25) is 0 Å². The highest BCUT2D eigenvalue weighted by atomic mass is 16.3. The van der Waals surface area contributed by atoms with E-state index in [-0.39, 0.29) is 11.7 Å². The Hall–Kier alpha value is -1.68. The molecule has 1 aromatic carbocycles. The van der Waals surface area contributed by atoms with E-state index < -0.39 is 11.5 Å². The summed E-state index contributed by atoms with van der Waals surface area (Å²) in [5, 5.41) is 14.0. The van der Waals surface area contributed by atoms with Gasteiger partial charge < -0.3 is 10.4 Å². The maximum absolute atomic E-state index is 13.0. The normalized spacial score (nSPS) is 23.8. The van der Waals surface area contributed by atoms with Crippen LogP contribution in [-0.4, -0.2) is 28.9 Å². The Morgan fingerprint density at radius 1 is 1.25 bits per heavy atom. The van der Waals surface area contributed by atoms with E-state index in [1.165, 1.54) is 0 Å². The molecule has 0 heterocycles. The molecule has 1 amide bonds. The van der Waals surface area contributed by atoms with Gasteiger partial charge in [-0.2, -0.15) is 0 Å². The van der Waals surface area contributed by atoms with Crippen LogP contribution in [0, 0.1) is 19.8 Å². The summed E-state index contributed by atoms with van der Waals surface area (Å²) in [6, 6.07) is 5.46. The zero-order valence-electron chi connectivity index (χ0n) is 15.0. The number of rotatable bonds is 6. The maximum atomic E-state index is 13.0. The molecule has 1 saturated carbocycles. The highest BCUT2D eigenvalue weighted by Gasteiger charge is 2.48. The van der Waals surface area contributed by atoms with Crippen molar-refractivity contribution in [2.45, 2.75) is 64.9 Å². The summed E-state index contributed by atoms with van der Waals surface area (Å²) in [5.74, 6) is -1.17. The van der Waals surface area contributed by atoms with Crippen molar-refractivity contribution >= 4 is 11.7 Å². The first-order chi connectivity index (χ1) is 11.4. The second-order valence-corrected chi connectivity index (χ2v) is 7.00. The van der Waals surface area contributed by atoms with Gasteiger partial charge in [0.25, 0.3) is 0 Å². The van der Waals surface area contributed by atoms with Crippen LogP contribution in [0.5, 0.6) is 0 Å². The molecule has 4 nitrogen and oxygen atoms in total. The molecule has 0 aliphatic heterocycles. The third kappa shape index (κ3) is 3.86. The third-order valence-electron chi connectivity index (χ3n) is 5.19. The van der Waals surface area contributed by atoms with Gasteiger partial charge >= 0.3 is 0 Å². The van der Waals surface area contributed by atoms with Crippen LogP contribution in [0.4, 0.5) is 0 Å². The van der Waals surface area contributed by atoms with Gasteiger partial charge in [0.05, 0.1) is 5.92 Å². The van der Waals surface area contributed by atoms with Crippen molar-refractivity contribution in [2.75, 3.05) is 6.54 Å². The number of Topliss-reactive ketones (excluding diaryl/α,β-unsaturated/α-hetero) is 1. The van der Waals surface area contributed by atoms with Crippen LogP contribution >= 0.6 is 0 Å². The van der Waals surface area contributed by atoms with Crippen LogP contribution in [0.25, 0.3) is 0 Å². The predicted molar refractivity (Wildman–Crippen MR) is 95.1 cm³/mol. The minimum absolute atomic E-state index is 0.192. The molecule has 0 bridgehead atoms. The molecule has 0 aromatic heterocycles. The Morgan fingerprint density at radius 3 is 2.67 bits per heavy atom. The molecule has 2 N–H and O–H groups in total. The summed E-state index contributed by atoms with van der Waals surface area (Å²) in [5.41, 5.74) is 1.03. The fourth-order valence-electron chi connectivity index (χ4n) is 3.42. The lowest BCUT2D eigenvalue weighted by molar-refractivity contribution is -0.134. The van der Waals surface area contributed by atoms with E-state index in [9.17, 15) is 14.7 Å². The summed E-state index contributed by atoms with van der Waals surface area (Å²) in [7, 11) is 0. The highest BCUT2D eigenvalue weighted by molar-refractivity contribution is 6.05. The second kappa shape index (κ2) is 7.93. The van der Waals surface area contributed by atoms with Gasteiger partial charge in [-0.05, 0) is 50.3 Å². The number of carbonyl (C=O) groups excluding carboxylic acids is 2. The van der Waals surface area contributed by atoms with Crippen LogP contribution in [0.15, 0.2) is 18.2 Å². The van der Waals surface area contributed by atoms with Gasteiger partial charge in [0.2, 0.25) is 5.91 Å². The fourth-order valence-corrected chi connectivity index (χ4v) is 3.42. The van der Waals surface area contributed by atoms with Crippen molar-refractivity contribution in [3.8, 4) is 0 Å². The van der Waals surface area contributed by atoms with E-state index in [0.29, 0.717) is 24.9 Å². The van der Waals surface area contributed by atoms with Crippen LogP contribution in [-0.2, 0) is 4.79 Å². The first-order valence-corrected chi connectivity index (χ1v) is 9.02. The topological polar surface area (TPSA) is 66.4 Å². The van der Waals surface area contributed by atoms with Crippen molar-refractivity contribution in [3.05, 3.63) is 34.9 Å². The molecule has 0 saturated heterocycles. The molecule has 0 spiro atoms. The average Bonchev–Trinajstić information content (AvgIpc) is 2.57. The summed E-state index contributed by atoms with van der Waals surface area (Å²) in [4.78, 5) is 25.5. The highest BCUT2D eigenvalue weighted by Crippen LogP contribution is 2.37. The first kappa shape index (κ1) is 18.7. The molecule has 0 radical (unpaired) electrons. The van der Waals surface area contributed by atoms with Gasteiger partial charge in [-0.15, -0.1) is 0 Å². The van der Waals surface area contributed by atoms with Crippen LogP contribution in [0.1, 0.15) is 66.9 Å². The molecular weight excluding hydrogens is 302 g/mol. The molecule has 1 fully saturated rings. The van der Waals surface area contributed by atoms with Crippen molar-refractivity contribution in [1.29, 1.82) is 0 Å². The molecule has 132 valence electrons. The number of hydrogen-bond donors (Lipinski definition) is 2. The second-order valence-electron chi connectivity index (χ2n) is 7.00. The summed E-state index contributed by atoms with van der Waals surface area (Å²) in [6.07, 6.45) is 4.45. The molecule has 2 rings (SSSR count). The van der Waals surface area contributed by atoms with Crippen LogP contribution < -0.4 is 5.32 Å². The zero-order valence-corrected chi connectivity index (χ0v) is 15.0. The number of aliphatic hydroxyl groups is 1. The number of benzene rings is 1. The molecule has 24 heavy (non-hydrogen) atoms. The van der Waals surface area contributed by atoms with Crippen molar-refractivity contribution in [1.82, 2.24) is 5.32 Å². The number of ketones is 1. The Balaban J connectivity index is 2.23. The number of carbonyl (C=O) groups is 2. The lowest BCUT2D eigenvalue weighted by atomic mass is 9.71. The smallest absolute Gasteiger partial charge is 0.226 e. The Labute approximate surface area is 144 Å². The van der Waals surface area contributed by atoms with Gasteiger partial charge in [0.15, 0.2) is 5.78 Å². The molecule has 2 unspecified atom stereocenters. The van der Waals surface area contributed by atoms with E-state index >= 15 is 0 Å². The standard InChI is InChI=1S/C20H29NO3/c1-4-5-12-21-19(23)17-8-6-7-11-20(17,24)18(22)16-10-9-14(2)15(3)13-16/h9-10,13,17,24H,4-8,11-12H2,1-3H3,(H,21,23). The molecule has 4 heteroatoms. The van der Waals surface area contributed by atoms with Crippen LogP contribution in [0.3, 0.4) is 0 Å². The quantitative estimate of drug-likeness (QED) is 0.621. The van der Waals surface area contributed by atoms with Gasteiger partial charge in [0, 0.05) is 12.1 Å². The number of aryl methyl sites for hydroxylation is 2. The Morgan fingerprint density at radius 2 is 2.00 bits per heavy atom. The van der Waals surface area contributed by atoms with Crippen molar-refractivity contribution in [3.63, 3.8) is 0 Å². The van der Waals surface area contributed by atoms with Crippen molar-refractivity contribution in [2.24, 2.45) is 5.92 Å². The predicted octanol–water partition coefficient (Wildman–Crippen LogP) is 3.32. The lowest BCUT2D eigenvalue weighted by Gasteiger charge is -2.37. The van der Waals surface area contributed by atoms with E-state index in [2.05, 4.69) is 12.2 Å². The Kier molecular flexibility index (Phi) is 6.16. The van der Waals surface area contributed by atoms with E-state index in [1.54, 1.807) is 6.07 Å².